The number of aryl methyl sites for hydroxylation is 2. The van der Waals surface area contributed by atoms with Crippen LogP contribution in [-0.2, 0) is 11.4 Å². The Labute approximate surface area is 166 Å². The molecule has 0 saturated carbocycles. The predicted octanol–water partition coefficient (Wildman–Crippen LogP) is 3.06. The number of thioether (sulfide) groups is 1. The molecular formula is C19H20FN5O2S. The summed E-state index contributed by atoms with van der Waals surface area (Å²) in [4.78, 5) is 12.2. The van der Waals surface area contributed by atoms with Gasteiger partial charge in [-0.15, -0.1) is 10.2 Å². The molecule has 146 valence electrons. The van der Waals surface area contributed by atoms with Gasteiger partial charge in [-0.3, -0.25) is 4.79 Å². The topological polar surface area (TPSA) is 95.1 Å². The van der Waals surface area contributed by atoms with Gasteiger partial charge in [0.05, 0.1) is 5.75 Å². The summed E-state index contributed by atoms with van der Waals surface area (Å²) in [7, 11) is 0. The fourth-order valence-electron chi connectivity index (χ4n) is 2.40. The van der Waals surface area contributed by atoms with Gasteiger partial charge in [-0.2, -0.15) is 0 Å². The van der Waals surface area contributed by atoms with Crippen LogP contribution in [0.15, 0.2) is 47.6 Å². The number of ether oxygens (including phenoxy) is 1. The normalized spacial score (nSPS) is 10.7. The Morgan fingerprint density at radius 2 is 2.04 bits per heavy atom. The highest BCUT2D eigenvalue weighted by atomic mass is 32.2. The van der Waals surface area contributed by atoms with Gasteiger partial charge in [0.15, 0.2) is 17.4 Å². The molecule has 3 N–H and O–H groups in total. The van der Waals surface area contributed by atoms with E-state index in [9.17, 15) is 9.18 Å². The van der Waals surface area contributed by atoms with E-state index in [4.69, 9.17) is 10.6 Å². The first-order valence-corrected chi connectivity index (χ1v) is 9.49. The van der Waals surface area contributed by atoms with Crippen molar-refractivity contribution in [3.63, 3.8) is 0 Å². The smallest absolute Gasteiger partial charge is 0.234 e. The van der Waals surface area contributed by atoms with E-state index in [0.717, 1.165) is 28.6 Å². The number of anilines is 1. The van der Waals surface area contributed by atoms with Crippen LogP contribution in [0.3, 0.4) is 0 Å². The van der Waals surface area contributed by atoms with Crippen molar-refractivity contribution in [1.82, 2.24) is 14.9 Å². The minimum atomic E-state index is -0.469. The average Bonchev–Trinajstić information content (AvgIpc) is 3.02. The highest BCUT2D eigenvalue weighted by molar-refractivity contribution is 7.99. The molecule has 28 heavy (non-hydrogen) atoms. The first-order chi connectivity index (χ1) is 13.4. The van der Waals surface area contributed by atoms with Gasteiger partial charge in [-0.05, 0) is 43.2 Å². The molecule has 0 aliphatic carbocycles. The van der Waals surface area contributed by atoms with Gasteiger partial charge in [0.2, 0.25) is 11.1 Å². The Bertz CT molecular complexity index is 992. The number of rotatable bonds is 7. The van der Waals surface area contributed by atoms with Crippen LogP contribution in [0.25, 0.3) is 0 Å². The lowest BCUT2D eigenvalue weighted by Gasteiger charge is -2.09. The third kappa shape index (κ3) is 4.80. The first-order valence-electron chi connectivity index (χ1n) is 8.50. The minimum absolute atomic E-state index is 0.0420. The standard InChI is InChI=1S/C19H20FN5O2S/c1-12-7-8-13(2)15(9-12)22-18(26)11-28-19-24-23-17(25(19)21)10-27-16-6-4-3-5-14(16)20/h3-9H,10-11,21H2,1-2H3,(H,22,26). The molecule has 1 heterocycles. The summed E-state index contributed by atoms with van der Waals surface area (Å²) < 4.78 is 20.2. The van der Waals surface area contributed by atoms with Crippen molar-refractivity contribution in [3.8, 4) is 5.75 Å². The van der Waals surface area contributed by atoms with Gasteiger partial charge in [0, 0.05) is 5.69 Å². The average molecular weight is 401 g/mol. The number of benzene rings is 2. The van der Waals surface area contributed by atoms with Gasteiger partial charge in [-0.1, -0.05) is 36.0 Å². The second kappa shape index (κ2) is 8.75. The molecule has 0 radical (unpaired) electrons. The molecule has 2 aromatic carbocycles. The number of nitrogens with two attached hydrogens (primary N) is 1. The second-order valence-corrected chi connectivity index (χ2v) is 7.09. The summed E-state index contributed by atoms with van der Waals surface area (Å²) in [6.45, 7) is 3.85. The molecule has 1 aromatic heterocycles. The fourth-order valence-corrected chi connectivity index (χ4v) is 3.07. The van der Waals surface area contributed by atoms with Crippen LogP contribution in [0.1, 0.15) is 17.0 Å². The molecule has 0 atom stereocenters. The molecule has 0 unspecified atom stereocenters. The summed E-state index contributed by atoms with van der Waals surface area (Å²) in [5.74, 6) is 5.86. The highest BCUT2D eigenvalue weighted by Gasteiger charge is 2.14. The summed E-state index contributed by atoms with van der Waals surface area (Å²) in [6, 6.07) is 11.9. The Kier molecular flexibility index (Phi) is 6.15. The van der Waals surface area contributed by atoms with Gasteiger partial charge in [-0.25, -0.2) is 9.07 Å². The third-order valence-electron chi connectivity index (χ3n) is 3.93. The maximum Gasteiger partial charge on any atom is 0.234 e. The molecule has 0 saturated heterocycles. The molecule has 3 aromatic rings. The van der Waals surface area contributed by atoms with E-state index >= 15 is 0 Å². The Hall–Kier alpha value is -3.07. The lowest BCUT2D eigenvalue weighted by atomic mass is 10.1. The molecule has 9 heteroatoms. The first kappa shape index (κ1) is 19.7. The predicted molar refractivity (Wildman–Crippen MR) is 106 cm³/mol. The number of carbonyl (C=O) groups is 1. The number of amides is 1. The quantitative estimate of drug-likeness (QED) is 0.467. The van der Waals surface area contributed by atoms with E-state index < -0.39 is 5.82 Å². The SMILES string of the molecule is Cc1ccc(C)c(NC(=O)CSc2nnc(COc3ccccc3F)n2N)c1. The minimum Gasteiger partial charge on any atom is -0.482 e. The molecule has 3 rings (SSSR count). The van der Waals surface area contributed by atoms with Crippen LogP contribution in [0.2, 0.25) is 0 Å². The van der Waals surface area contributed by atoms with Crippen molar-refractivity contribution in [2.24, 2.45) is 0 Å². The van der Waals surface area contributed by atoms with E-state index in [0.29, 0.717) is 11.0 Å². The number of aromatic nitrogens is 3. The number of carbonyl (C=O) groups excluding carboxylic acids is 1. The molecule has 0 fully saturated rings. The lowest BCUT2D eigenvalue weighted by Crippen LogP contribution is -2.18. The zero-order chi connectivity index (χ0) is 20.1. The van der Waals surface area contributed by atoms with Crippen LogP contribution in [0.5, 0.6) is 5.75 Å². The summed E-state index contributed by atoms with van der Waals surface area (Å²) in [5, 5.41) is 11.1. The Morgan fingerprint density at radius 1 is 1.25 bits per heavy atom. The monoisotopic (exact) mass is 401 g/mol. The van der Waals surface area contributed by atoms with E-state index in [1.165, 1.54) is 16.8 Å². The summed E-state index contributed by atoms with van der Waals surface area (Å²) in [6.07, 6.45) is 0. The van der Waals surface area contributed by atoms with Crippen molar-refractivity contribution in [3.05, 3.63) is 65.2 Å². The fraction of sp³-hybridized carbons (Fsp3) is 0.211. The number of halogens is 1. The third-order valence-corrected chi connectivity index (χ3v) is 4.87. The zero-order valence-corrected chi connectivity index (χ0v) is 16.3. The second-order valence-electron chi connectivity index (χ2n) is 6.14. The lowest BCUT2D eigenvalue weighted by molar-refractivity contribution is -0.113. The summed E-state index contributed by atoms with van der Waals surface area (Å²) in [5.41, 5.74) is 2.83. The number of nitrogen functional groups attached to an aromatic ring is 1. The Balaban J connectivity index is 1.56. The van der Waals surface area contributed by atoms with Crippen molar-refractivity contribution >= 4 is 23.4 Å². The largest absolute Gasteiger partial charge is 0.482 e. The van der Waals surface area contributed by atoms with Crippen molar-refractivity contribution in [2.45, 2.75) is 25.6 Å². The van der Waals surface area contributed by atoms with E-state index in [1.807, 2.05) is 32.0 Å². The van der Waals surface area contributed by atoms with Crippen LogP contribution >= 0.6 is 11.8 Å². The van der Waals surface area contributed by atoms with Crippen LogP contribution in [0.4, 0.5) is 10.1 Å². The van der Waals surface area contributed by atoms with Crippen molar-refractivity contribution < 1.29 is 13.9 Å². The van der Waals surface area contributed by atoms with E-state index in [2.05, 4.69) is 15.5 Å². The van der Waals surface area contributed by atoms with E-state index in [1.54, 1.807) is 12.1 Å². The number of hydrogen-bond acceptors (Lipinski definition) is 6. The molecular weight excluding hydrogens is 381 g/mol. The molecule has 7 nitrogen and oxygen atoms in total. The zero-order valence-electron chi connectivity index (χ0n) is 15.5. The molecule has 0 aliphatic heterocycles. The van der Waals surface area contributed by atoms with Crippen molar-refractivity contribution in [2.75, 3.05) is 16.9 Å². The van der Waals surface area contributed by atoms with Crippen molar-refractivity contribution in [1.29, 1.82) is 0 Å². The number of nitrogens with one attached hydrogen (secondary N) is 1. The van der Waals surface area contributed by atoms with Crippen LogP contribution in [0, 0.1) is 19.7 Å². The maximum atomic E-state index is 13.6. The molecule has 1 amide bonds. The Morgan fingerprint density at radius 3 is 2.82 bits per heavy atom. The number of hydrogen-bond donors (Lipinski definition) is 2. The molecule has 0 aliphatic rings. The highest BCUT2D eigenvalue weighted by Crippen LogP contribution is 2.20. The van der Waals surface area contributed by atoms with Crippen LogP contribution < -0.4 is 15.9 Å². The summed E-state index contributed by atoms with van der Waals surface area (Å²) >= 11 is 1.15. The van der Waals surface area contributed by atoms with Gasteiger partial charge in [0.1, 0.15) is 6.61 Å². The van der Waals surface area contributed by atoms with Gasteiger partial charge >= 0.3 is 0 Å². The number of para-hydroxylation sites is 1. The van der Waals surface area contributed by atoms with Gasteiger partial charge in [0.25, 0.3) is 0 Å². The van der Waals surface area contributed by atoms with E-state index in [-0.39, 0.29) is 24.0 Å². The molecule has 0 bridgehead atoms. The maximum absolute atomic E-state index is 13.6. The van der Waals surface area contributed by atoms with Crippen LogP contribution in [-0.4, -0.2) is 26.5 Å². The van der Waals surface area contributed by atoms with Gasteiger partial charge < -0.3 is 15.9 Å². The molecule has 0 spiro atoms. The number of nitrogens with zero attached hydrogens (tertiary/aromatic N) is 3.